The summed E-state index contributed by atoms with van der Waals surface area (Å²) in [5.41, 5.74) is 0. The monoisotopic (exact) mass is 272 g/mol. The Hall–Kier alpha value is -0.650. The number of ether oxygens (including phenoxy) is 1. The lowest BCUT2D eigenvalue weighted by Gasteiger charge is -2.16. The molecule has 1 saturated carbocycles. The van der Waals surface area contributed by atoms with E-state index in [0.717, 1.165) is 12.8 Å². The lowest BCUT2D eigenvalue weighted by atomic mass is 10.2. The molecule has 0 radical (unpaired) electrons. The average Bonchev–Trinajstić information content (AvgIpc) is 2.87. The van der Waals surface area contributed by atoms with Gasteiger partial charge in [0.2, 0.25) is 5.91 Å². The van der Waals surface area contributed by atoms with Crippen molar-refractivity contribution in [3.63, 3.8) is 0 Å². The van der Waals surface area contributed by atoms with E-state index in [1.165, 1.54) is 12.8 Å². The zero-order valence-corrected chi connectivity index (χ0v) is 12.2. The van der Waals surface area contributed by atoms with Crippen LogP contribution < -0.4 is 10.6 Å². The molecule has 0 aromatic heterocycles. The Bertz CT molecular complexity index is 253. The Morgan fingerprint density at radius 2 is 2.00 bits per heavy atom. The molecule has 1 aliphatic carbocycles. The molecule has 1 unspecified atom stereocenters. The molecular weight excluding hydrogens is 244 g/mol. The van der Waals surface area contributed by atoms with Gasteiger partial charge in [0.1, 0.15) is 0 Å². The van der Waals surface area contributed by atoms with Crippen LogP contribution in [0.4, 0.5) is 0 Å². The van der Waals surface area contributed by atoms with Crippen molar-refractivity contribution in [2.24, 2.45) is 5.92 Å². The molecule has 0 saturated heterocycles. The van der Waals surface area contributed by atoms with Crippen LogP contribution in [0.15, 0.2) is 0 Å². The Kier molecular flexibility index (Phi) is 8.02. The number of nitrogens with one attached hydrogen (secondary N) is 2. The smallest absolute Gasteiger partial charge is 0.233 e. The molecule has 0 bridgehead atoms. The number of carbonyl (C=O) groups excluding carboxylic acids is 1. The van der Waals surface area contributed by atoms with Crippen LogP contribution in [0.1, 0.15) is 39.5 Å². The van der Waals surface area contributed by atoms with Gasteiger partial charge < -0.3 is 20.5 Å². The van der Waals surface area contributed by atoms with Crippen LogP contribution in [-0.2, 0) is 9.53 Å². The van der Waals surface area contributed by atoms with Crippen LogP contribution in [0, 0.1) is 5.92 Å². The molecule has 112 valence electrons. The largest absolute Gasteiger partial charge is 0.389 e. The Labute approximate surface area is 116 Å². The van der Waals surface area contributed by atoms with E-state index in [4.69, 9.17) is 4.74 Å². The predicted octanol–water partition coefficient (Wildman–Crippen LogP) is 0.668. The van der Waals surface area contributed by atoms with Crippen molar-refractivity contribution in [2.45, 2.75) is 51.7 Å². The normalized spacial score (nSPS) is 17.9. The van der Waals surface area contributed by atoms with Crippen LogP contribution in [0.25, 0.3) is 0 Å². The summed E-state index contributed by atoms with van der Waals surface area (Å²) in [4.78, 5) is 11.4. The molecule has 0 heterocycles. The molecule has 0 aromatic carbocycles. The van der Waals surface area contributed by atoms with E-state index in [0.29, 0.717) is 31.7 Å². The third kappa shape index (κ3) is 8.18. The van der Waals surface area contributed by atoms with Gasteiger partial charge in [0.05, 0.1) is 25.4 Å². The molecule has 3 N–H and O–H groups in total. The van der Waals surface area contributed by atoms with Crippen molar-refractivity contribution < 1.29 is 14.6 Å². The molecule has 1 fully saturated rings. The maximum absolute atomic E-state index is 11.4. The van der Waals surface area contributed by atoms with E-state index < -0.39 is 6.10 Å². The first-order chi connectivity index (χ1) is 9.08. The zero-order valence-electron chi connectivity index (χ0n) is 12.2. The van der Waals surface area contributed by atoms with Crippen LogP contribution in [0.2, 0.25) is 0 Å². The van der Waals surface area contributed by atoms with E-state index >= 15 is 0 Å². The lowest BCUT2D eigenvalue weighted by molar-refractivity contribution is -0.120. The van der Waals surface area contributed by atoms with Crippen molar-refractivity contribution in [3.8, 4) is 0 Å². The van der Waals surface area contributed by atoms with E-state index in [-0.39, 0.29) is 12.5 Å². The van der Waals surface area contributed by atoms with Gasteiger partial charge in [0, 0.05) is 13.1 Å². The minimum absolute atomic E-state index is 0.0300. The van der Waals surface area contributed by atoms with E-state index in [9.17, 15) is 9.90 Å². The third-order valence-electron chi connectivity index (χ3n) is 3.20. The first kappa shape index (κ1) is 16.4. The number of carbonyl (C=O) groups is 1. The summed E-state index contributed by atoms with van der Waals surface area (Å²) >= 11 is 0. The van der Waals surface area contributed by atoms with Gasteiger partial charge in [-0.25, -0.2) is 0 Å². The predicted molar refractivity (Wildman–Crippen MR) is 74.9 cm³/mol. The highest BCUT2D eigenvalue weighted by Crippen LogP contribution is 2.20. The summed E-state index contributed by atoms with van der Waals surface area (Å²) in [5, 5.41) is 15.5. The summed E-state index contributed by atoms with van der Waals surface area (Å²) in [5.74, 6) is 0.423. The molecular formula is C14H28N2O3. The van der Waals surface area contributed by atoms with Crippen LogP contribution in [0.3, 0.4) is 0 Å². The van der Waals surface area contributed by atoms with Crippen molar-refractivity contribution in [1.29, 1.82) is 0 Å². The van der Waals surface area contributed by atoms with Crippen LogP contribution in [-0.4, -0.2) is 49.5 Å². The first-order valence-corrected chi connectivity index (χ1v) is 7.35. The Morgan fingerprint density at radius 3 is 2.63 bits per heavy atom. The fraction of sp³-hybridized carbons (Fsp3) is 0.929. The number of hydrogen-bond donors (Lipinski definition) is 3. The Balaban J connectivity index is 1.96. The van der Waals surface area contributed by atoms with Gasteiger partial charge in [-0.15, -0.1) is 0 Å². The second-order valence-electron chi connectivity index (χ2n) is 5.72. The Morgan fingerprint density at radius 1 is 1.32 bits per heavy atom. The summed E-state index contributed by atoms with van der Waals surface area (Å²) in [6, 6.07) is 0. The fourth-order valence-electron chi connectivity index (χ4n) is 2.09. The van der Waals surface area contributed by atoms with Crippen molar-refractivity contribution in [1.82, 2.24) is 10.6 Å². The van der Waals surface area contributed by atoms with Crippen molar-refractivity contribution in [2.75, 3.05) is 26.2 Å². The lowest BCUT2D eigenvalue weighted by Crippen LogP contribution is -2.39. The third-order valence-corrected chi connectivity index (χ3v) is 3.20. The highest BCUT2D eigenvalue weighted by molar-refractivity contribution is 5.77. The molecule has 19 heavy (non-hydrogen) atoms. The van der Waals surface area contributed by atoms with E-state index in [2.05, 4.69) is 24.5 Å². The van der Waals surface area contributed by atoms with Crippen LogP contribution >= 0.6 is 0 Å². The second-order valence-corrected chi connectivity index (χ2v) is 5.72. The van der Waals surface area contributed by atoms with Gasteiger partial charge in [-0.3, -0.25) is 4.79 Å². The summed E-state index contributed by atoms with van der Waals surface area (Å²) in [7, 11) is 0. The minimum Gasteiger partial charge on any atom is -0.389 e. The molecule has 5 nitrogen and oxygen atoms in total. The standard InChI is InChI=1S/C14H28N2O3/c1-11(2)7-16-14(18)9-15-8-12(17)10-19-13-5-3-4-6-13/h11-13,15,17H,3-10H2,1-2H3,(H,16,18). The van der Waals surface area contributed by atoms with Gasteiger partial charge in [-0.1, -0.05) is 26.7 Å². The molecule has 1 rings (SSSR count). The molecule has 1 atom stereocenters. The molecule has 0 spiro atoms. The zero-order chi connectivity index (χ0) is 14.1. The molecule has 0 aromatic rings. The van der Waals surface area contributed by atoms with Crippen molar-refractivity contribution >= 4 is 5.91 Å². The molecule has 5 heteroatoms. The fourth-order valence-corrected chi connectivity index (χ4v) is 2.09. The van der Waals surface area contributed by atoms with E-state index in [1.54, 1.807) is 0 Å². The molecule has 1 amide bonds. The van der Waals surface area contributed by atoms with Crippen LogP contribution in [0.5, 0.6) is 0 Å². The summed E-state index contributed by atoms with van der Waals surface area (Å²) < 4.78 is 5.61. The highest BCUT2D eigenvalue weighted by Gasteiger charge is 2.16. The van der Waals surface area contributed by atoms with Gasteiger partial charge in [0.15, 0.2) is 0 Å². The van der Waals surface area contributed by atoms with Crippen molar-refractivity contribution in [3.05, 3.63) is 0 Å². The average molecular weight is 272 g/mol. The second kappa shape index (κ2) is 9.28. The number of amides is 1. The topological polar surface area (TPSA) is 70.6 Å². The number of aliphatic hydroxyl groups is 1. The summed E-state index contributed by atoms with van der Waals surface area (Å²) in [6.45, 7) is 5.78. The number of rotatable bonds is 9. The molecule has 0 aliphatic heterocycles. The van der Waals surface area contributed by atoms with Gasteiger partial charge in [0.25, 0.3) is 0 Å². The number of hydrogen-bond acceptors (Lipinski definition) is 4. The van der Waals surface area contributed by atoms with Gasteiger partial charge >= 0.3 is 0 Å². The SMILES string of the molecule is CC(C)CNC(=O)CNCC(O)COC1CCCC1. The maximum Gasteiger partial charge on any atom is 0.233 e. The highest BCUT2D eigenvalue weighted by atomic mass is 16.5. The number of aliphatic hydroxyl groups excluding tert-OH is 1. The molecule has 1 aliphatic rings. The minimum atomic E-state index is -0.543. The summed E-state index contributed by atoms with van der Waals surface area (Å²) in [6.07, 6.45) is 4.46. The van der Waals surface area contributed by atoms with Gasteiger partial charge in [-0.2, -0.15) is 0 Å². The maximum atomic E-state index is 11.4. The quantitative estimate of drug-likeness (QED) is 0.577. The van der Waals surface area contributed by atoms with Gasteiger partial charge in [-0.05, 0) is 18.8 Å². The van der Waals surface area contributed by atoms with E-state index in [1.807, 2.05) is 0 Å². The first-order valence-electron chi connectivity index (χ1n) is 7.35.